The van der Waals surface area contributed by atoms with Crippen molar-refractivity contribution in [3.8, 4) is 11.4 Å². The molecule has 2 aromatic carbocycles. The number of phenols is 1. The number of alkyl halides is 1. The summed E-state index contributed by atoms with van der Waals surface area (Å²) in [4.78, 5) is 11.5. The fraction of sp³-hybridized carbons (Fsp3) is 0.423. The molecule has 1 heterocycles. The van der Waals surface area contributed by atoms with Gasteiger partial charge in [0.15, 0.2) is 11.6 Å². The van der Waals surface area contributed by atoms with Crippen LogP contribution in [0.25, 0.3) is 16.6 Å². The van der Waals surface area contributed by atoms with Gasteiger partial charge < -0.3 is 19.9 Å². The fourth-order valence-corrected chi connectivity index (χ4v) is 5.22. The number of hydrogen-bond donors (Lipinski definition) is 3. The molecule has 188 valence electrons. The Labute approximate surface area is 199 Å². The van der Waals surface area contributed by atoms with Gasteiger partial charge in [-0.25, -0.2) is 22.4 Å². The number of fused-ring (bicyclic) bond motifs is 1. The van der Waals surface area contributed by atoms with E-state index in [-0.39, 0.29) is 48.9 Å². The van der Waals surface area contributed by atoms with Crippen LogP contribution in [0, 0.1) is 17.5 Å². The molecule has 0 spiro atoms. The molecule has 0 atom stereocenters. The summed E-state index contributed by atoms with van der Waals surface area (Å²) in [7, 11) is 0. The third-order valence-electron chi connectivity index (χ3n) is 7.34. The van der Waals surface area contributed by atoms with Gasteiger partial charge in [-0.15, -0.1) is 0 Å². The quantitative estimate of drug-likeness (QED) is 0.402. The van der Waals surface area contributed by atoms with Crippen LogP contribution in [-0.4, -0.2) is 38.1 Å². The van der Waals surface area contributed by atoms with E-state index in [2.05, 4.69) is 0 Å². The SMILES string of the molecule is CC(C)(CO)c1c(C2(C)CCC(F)(C(=O)O)CC2)c2c(O)cc(F)cc2n1-c1ccc(F)c(F)c1. The molecule has 1 aliphatic carbocycles. The van der Waals surface area contributed by atoms with Crippen molar-refractivity contribution in [2.24, 2.45) is 0 Å². The maximum Gasteiger partial charge on any atom is 0.341 e. The molecule has 0 saturated heterocycles. The molecule has 1 fully saturated rings. The van der Waals surface area contributed by atoms with Crippen LogP contribution < -0.4 is 0 Å². The highest BCUT2D eigenvalue weighted by Gasteiger charge is 2.49. The van der Waals surface area contributed by atoms with E-state index in [1.807, 2.05) is 0 Å². The van der Waals surface area contributed by atoms with Gasteiger partial charge in [0.1, 0.15) is 11.6 Å². The molecular formula is C26H27F4NO4. The second kappa shape index (κ2) is 8.26. The monoisotopic (exact) mass is 493 g/mol. The van der Waals surface area contributed by atoms with Gasteiger partial charge in [-0.1, -0.05) is 20.8 Å². The Morgan fingerprint density at radius 2 is 1.69 bits per heavy atom. The van der Waals surface area contributed by atoms with E-state index in [4.69, 9.17) is 0 Å². The lowest BCUT2D eigenvalue weighted by Gasteiger charge is -2.41. The smallest absolute Gasteiger partial charge is 0.341 e. The van der Waals surface area contributed by atoms with Crippen molar-refractivity contribution in [2.45, 2.75) is 63.0 Å². The van der Waals surface area contributed by atoms with E-state index in [0.29, 0.717) is 11.3 Å². The Balaban J connectivity index is 2.11. The normalized spacial score (nSPS) is 23.1. The number of benzene rings is 2. The van der Waals surface area contributed by atoms with Gasteiger partial charge >= 0.3 is 5.97 Å². The van der Waals surface area contributed by atoms with E-state index in [1.165, 1.54) is 10.6 Å². The predicted molar refractivity (Wildman–Crippen MR) is 122 cm³/mol. The van der Waals surface area contributed by atoms with Gasteiger partial charge in [0.05, 0.1) is 12.1 Å². The second-order valence-electron chi connectivity index (χ2n) is 10.3. The molecule has 0 bridgehead atoms. The maximum absolute atomic E-state index is 14.9. The van der Waals surface area contributed by atoms with Crippen molar-refractivity contribution in [1.82, 2.24) is 4.57 Å². The molecule has 35 heavy (non-hydrogen) atoms. The lowest BCUT2D eigenvalue weighted by Crippen LogP contribution is -2.43. The summed E-state index contributed by atoms with van der Waals surface area (Å²) in [5.74, 6) is -4.91. The van der Waals surface area contributed by atoms with E-state index in [9.17, 15) is 37.7 Å². The van der Waals surface area contributed by atoms with Crippen LogP contribution in [0.5, 0.6) is 5.75 Å². The number of aromatic hydroxyl groups is 1. The topological polar surface area (TPSA) is 82.7 Å². The van der Waals surface area contributed by atoms with Crippen LogP contribution in [0.1, 0.15) is 57.7 Å². The molecule has 0 amide bonds. The predicted octanol–water partition coefficient (Wildman–Crippen LogP) is 5.65. The largest absolute Gasteiger partial charge is 0.507 e. The molecule has 9 heteroatoms. The zero-order valence-electron chi connectivity index (χ0n) is 19.6. The summed E-state index contributed by atoms with van der Waals surface area (Å²) in [5, 5.41) is 30.8. The number of nitrogens with zero attached hydrogens (tertiary/aromatic N) is 1. The van der Waals surface area contributed by atoms with Crippen LogP contribution in [0.2, 0.25) is 0 Å². The summed E-state index contributed by atoms with van der Waals surface area (Å²) in [6.45, 7) is 4.83. The molecule has 3 aromatic rings. The van der Waals surface area contributed by atoms with Crippen molar-refractivity contribution in [1.29, 1.82) is 0 Å². The van der Waals surface area contributed by atoms with Gasteiger partial charge in [-0.05, 0) is 54.9 Å². The third kappa shape index (κ3) is 3.95. The summed E-state index contributed by atoms with van der Waals surface area (Å²) < 4.78 is 58.9. The number of hydrogen-bond acceptors (Lipinski definition) is 3. The number of carboxylic acid groups (broad SMARTS) is 1. The Morgan fingerprint density at radius 3 is 2.23 bits per heavy atom. The minimum Gasteiger partial charge on any atom is -0.507 e. The summed E-state index contributed by atoms with van der Waals surface area (Å²) in [6.07, 6.45) is -0.370. The van der Waals surface area contributed by atoms with Gasteiger partial charge in [0.2, 0.25) is 5.67 Å². The first-order valence-electron chi connectivity index (χ1n) is 11.3. The van der Waals surface area contributed by atoms with Crippen LogP contribution in [0.4, 0.5) is 17.6 Å². The molecule has 0 radical (unpaired) electrons. The summed E-state index contributed by atoms with van der Waals surface area (Å²) in [5.41, 5.74) is -3.08. The van der Waals surface area contributed by atoms with Crippen molar-refractivity contribution < 1.29 is 37.7 Å². The lowest BCUT2D eigenvalue weighted by molar-refractivity contribution is -0.154. The Hall–Kier alpha value is -3.07. The van der Waals surface area contributed by atoms with Crippen molar-refractivity contribution in [3.05, 3.63) is 59.0 Å². The minimum atomic E-state index is -2.39. The first-order valence-corrected chi connectivity index (χ1v) is 11.3. The molecular weight excluding hydrogens is 466 g/mol. The number of halogens is 4. The van der Waals surface area contributed by atoms with Crippen LogP contribution >= 0.6 is 0 Å². The number of aliphatic carboxylic acids is 1. The van der Waals surface area contributed by atoms with Gasteiger partial charge in [-0.3, -0.25) is 0 Å². The second-order valence-corrected chi connectivity index (χ2v) is 10.3. The zero-order valence-corrected chi connectivity index (χ0v) is 19.6. The zero-order chi connectivity index (χ0) is 25.9. The highest BCUT2D eigenvalue weighted by Crippen LogP contribution is 2.52. The standard InChI is InChI=1S/C26H27F4NO4/c1-24(2,13-32)22-21(25(3)6-8-26(30,9-7-25)23(34)35)20-18(10-14(27)11-19(20)33)31(22)15-4-5-16(28)17(29)12-15/h4-5,10-12,32-33H,6-9,13H2,1-3H3,(H,34,35). The molecule has 5 nitrogen and oxygen atoms in total. The first-order chi connectivity index (χ1) is 16.2. The van der Waals surface area contributed by atoms with E-state index < -0.39 is 45.7 Å². The molecule has 1 saturated carbocycles. The highest BCUT2D eigenvalue weighted by molar-refractivity contribution is 5.94. The average Bonchev–Trinajstić information content (AvgIpc) is 3.15. The molecule has 1 aliphatic rings. The molecule has 4 rings (SSSR count). The Bertz CT molecular complexity index is 1320. The fourth-order valence-electron chi connectivity index (χ4n) is 5.22. The van der Waals surface area contributed by atoms with Gasteiger partial charge in [0, 0.05) is 34.3 Å². The first kappa shape index (κ1) is 25.0. The number of carboxylic acids is 1. The molecule has 3 N–H and O–H groups in total. The van der Waals surface area contributed by atoms with E-state index in [1.54, 1.807) is 20.8 Å². The van der Waals surface area contributed by atoms with E-state index in [0.717, 1.165) is 24.3 Å². The molecule has 0 unspecified atom stereocenters. The average molecular weight is 493 g/mol. The molecule has 1 aromatic heterocycles. The Kier molecular flexibility index (Phi) is 5.91. The number of carbonyl (C=O) groups is 1. The van der Waals surface area contributed by atoms with Gasteiger partial charge in [-0.2, -0.15) is 0 Å². The van der Waals surface area contributed by atoms with Crippen LogP contribution in [0.3, 0.4) is 0 Å². The maximum atomic E-state index is 14.9. The van der Waals surface area contributed by atoms with Crippen LogP contribution in [0.15, 0.2) is 30.3 Å². The number of phenolic OH excluding ortho intramolecular Hbond substituents is 1. The minimum absolute atomic E-state index is 0.0953. The van der Waals surface area contributed by atoms with Crippen molar-refractivity contribution in [2.75, 3.05) is 6.61 Å². The lowest BCUT2D eigenvalue weighted by atomic mass is 9.64. The highest BCUT2D eigenvalue weighted by atomic mass is 19.2. The van der Waals surface area contributed by atoms with E-state index >= 15 is 0 Å². The number of aliphatic hydroxyl groups excluding tert-OH is 1. The Morgan fingerprint density at radius 1 is 1.06 bits per heavy atom. The van der Waals surface area contributed by atoms with Gasteiger partial charge in [0.25, 0.3) is 0 Å². The van der Waals surface area contributed by atoms with Crippen LogP contribution in [-0.2, 0) is 15.6 Å². The molecule has 0 aliphatic heterocycles. The summed E-state index contributed by atoms with van der Waals surface area (Å²) >= 11 is 0. The van der Waals surface area contributed by atoms with Crippen molar-refractivity contribution >= 4 is 16.9 Å². The number of rotatable bonds is 5. The third-order valence-corrected chi connectivity index (χ3v) is 7.34. The number of aliphatic hydroxyl groups is 1. The summed E-state index contributed by atoms with van der Waals surface area (Å²) in [6, 6.07) is 5.26. The van der Waals surface area contributed by atoms with Crippen molar-refractivity contribution in [3.63, 3.8) is 0 Å². The number of aromatic nitrogens is 1.